The van der Waals surface area contributed by atoms with Crippen molar-refractivity contribution in [3.05, 3.63) is 0 Å². The molecule has 0 spiro atoms. The SMILES string of the molecule is CCCC(C#N)(CCC)C(=O)NCC1CCCS1. The molecule has 1 amide bonds. The van der Waals surface area contributed by atoms with E-state index in [1.807, 2.05) is 25.6 Å². The Balaban J connectivity index is 2.55. The third-order valence-corrected chi connectivity index (χ3v) is 4.91. The third-order valence-electron chi connectivity index (χ3n) is 3.52. The molecule has 102 valence electrons. The molecule has 0 bridgehead atoms. The monoisotopic (exact) mass is 268 g/mol. The maximum Gasteiger partial charge on any atom is 0.240 e. The number of nitriles is 1. The van der Waals surface area contributed by atoms with Crippen molar-refractivity contribution in [1.29, 1.82) is 5.26 Å². The van der Waals surface area contributed by atoms with Crippen molar-refractivity contribution in [1.82, 2.24) is 5.32 Å². The number of hydrogen-bond acceptors (Lipinski definition) is 3. The van der Waals surface area contributed by atoms with Gasteiger partial charge in [0, 0.05) is 11.8 Å². The molecule has 0 aliphatic carbocycles. The van der Waals surface area contributed by atoms with E-state index in [1.54, 1.807) is 0 Å². The van der Waals surface area contributed by atoms with Gasteiger partial charge in [-0.3, -0.25) is 4.79 Å². The van der Waals surface area contributed by atoms with Gasteiger partial charge in [0.2, 0.25) is 5.91 Å². The summed E-state index contributed by atoms with van der Waals surface area (Å²) < 4.78 is 0. The smallest absolute Gasteiger partial charge is 0.240 e. The summed E-state index contributed by atoms with van der Waals surface area (Å²) in [6.45, 7) is 4.78. The van der Waals surface area contributed by atoms with Crippen molar-refractivity contribution in [2.75, 3.05) is 12.3 Å². The predicted octanol–water partition coefficient (Wildman–Crippen LogP) is 3.11. The molecule has 0 saturated carbocycles. The van der Waals surface area contributed by atoms with Gasteiger partial charge < -0.3 is 5.32 Å². The summed E-state index contributed by atoms with van der Waals surface area (Å²) in [5.41, 5.74) is -0.799. The fourth-order valence-electron chi connectivity index (χ4n) is 2.55. The molecule has 1 unspecified atom stereocenters. The van der Waals surface area contributed by atoms with Gasteiger partial charge in [-0.15, -0.1) is 0 Å². The van der Waals surface area contributed by atoms with Crippen LogP contribution in [0.15, 0.2) is 0 Å². The topological polar surface area (TPSA) is 52.9 Å². The van der Waals surface area contributed by atoms with E-state index in [4.69, 9.17) is 0 Å². The summed E-state index contributed by atoms with van der Waals surface area (Å²) in [4.78, 5) is 12.3. The van der Waals surface area contributed by atoms with Crippen LogP contribution >= 0.6 is 11.8 Å². The number of hydrogen-bond donors (Lipinski definition) is 1. The summed E-state index contributed by atoms with van der Waals surface area (Å²) in [5.74, 6) is 1.15. The van der Waals surface area contributed by atoms with Crippen molar-refractivity contribution in [3.8, 4) is 6.07 Å². The molecular weight excluding hydrogens is 244 g/mol. The maximum absolute atomic E-state index is 12.3. The molecule has 1 aliphatic heterocycles. The largest absolute Gasteiger partial charge is 0.354 e. The highest BCUT2D eigenvalue weighted by atomic mass is 32.2. The average Bonchev–Trinajstić information content (AvgIpc) is 2.88. The summed E-state index contributed by atoms with van der Waals surface area (Å²) in [5, 5.41) is 12.9. The quantitative estimate of drug-likeness (QED) is 0.772. The first-order valence-electron chi connectivity index (χ1n) is 6.99. The number of nitrogens with one attached hydrogen (secondary N) is 1. The van der Waals surface area contributed by atoms with Gasteiger partial charge in [0.1, 0.15) is 5.41 Å². The van der Waals surface area contributed by atoms with Crippen molar-refractivity contribution < 1.29 is 4.79 Å². The van der Waals surface area contributed by atoms with E-state index < -0.39 is 5.41 Å². The zero-order chi connectivity index (χ0) is 13.4. The van der Waals surface area contributed by atoms with Crippen LogP contribution in [0.4, 0.5) is 0 Å². The first-order chi connectivity index (χ1) is 8.68. The van der Waals surface area contributed by atoms with Gasteiger partial charge in [-0.05, 0) is 31.4 Å². The Hall–Kier alpha value is -0.690. The van der Waals surface area contributed by atoms with Gasteiger partial charge >= 0.3 is 0 Å². The average molecular weight is 268 g/mol. The Labute approximate surface area is 115 Å². The molecule has 18 heavy (non-hydrogen) atoms. The molecule has 0 aromatic carbocycles. The van der Waals surface area contributed by atoms with Gasteiger partial charge in [-0.1, -0.05) is 26.7 Å². The van der Waals surface area contributed by atoms with Crippen LogP contribution in [0.3, 0.4) is 0 Å². The van der Waals surface area contributed by atoms with Crippen LogP contribution in [0, 0.1) is 16.7 Å². The van der Waals surface area contributed by atoms with E-state index in [0.717, 1.165) is 19.4 Å². The standard InChI is InChI=1S/C14H24N2OS/c1-3-7-14(11-15,8-4-2)13(17)16-10-12-6-5-9-18-12/h12H,3-10H2,1-2H3,(H,16,17). The number of rotatable bonds is 7. The minimum atomic E-state index is -0.799. The van der Waals surface area contributed by atoms with Crippen molar-refractivity contribution in [2.45, 2.75) is 57.6 Å². The fraction of sp³-hybridized carbons (Fsp3) is 0.857. The number of thioether (sulfide) groups is 1. The number of nitrogens with zero attached hydrogens (tertiary/aromatic N) is 1. The van der Waals surface area contributed by atoms with E-state index in [-0.39, 0.29) is 5.91 Å². The minimum absolute atomic E-state index is 0.0544. The lowest BCUT2D eigenvalue weighted by atomic mass is 9.80. The highest BCUT2D eigenvalue weighted by Gasteiger charge is 2.37. The second-order valence-corrected chi connectivity index (χ2v) is 6.45. The van der Waals surface area contributed by atoms with Crippen LogP contribution in [0.1, 0.15) is 52.4 Å². The molecule has 0 aromatic rings. The molecule has 1 rings (SSSR count). The van der Waals surface area contributed by atoms with Gasteiger partial charge in [-0.25, -0.2) is 0 Å². The highest BCUT2D eigenvalue weighted by Crippen LogP contribution is 2.30. The van der Waals surface area contributed by atoms with Crippen LogP contribution in [0.5, 0.6) is 0 Å². The van der Waals surface area contributed by atoms with E-state index in [2.05, 4.69) is 11.4 Å². The summed E-state index contributed by atoms with van der Waals surface area (Å²) in [6, 6.07) is 2.27. The van der Waals surface area contributed by atoms with E-state index in [9.17, 15) is 10.1 Å². The Morgan fingerprint density at radius 2 is 2.11 bits per heavy atom. The lowest BCUT2D eigenvalue weighted by Crippen LogP contribution is -2.42. The molecule has 0 aromatic heterocycles. The molecule has 1 N–H and O–H groups in total. The summed E-state index contributed by atoms with van der Waals surface area (Å²) in [7, 11) is 0. The van der Waals surface area contributed by atoms with Gasteiger partial charge in [-0.2, -0.15) is 17.0 Å². The zero-order valence-electron chi connectivity index (χ0n) is 11.5. The van der Waals surface area contributed by atoms with Crippen molar-refractivity contribution in [3.63, 3.8) is 0 Å². The Morgan fingerprint density at radius 1 is 1.44 bits per heavy atom. The number of amides is 1. The second-order valence-electron chi connectivity index (χ2n) is 5.04. The Morgan fingerprint density at radius 3 is 2.56 bits per heavy atom. The highest BCUT2D eigenvalue weighted by molar-refractivity contribution is 8.00. The molecule has 0 radical (unpaired) electrons. The van der Waals surface area contributed by atoms with Crippen LogP contribution in [0.25, 0.3) is 0 Å². The van der Waals surface area contributed by atoms with Gasteiger partial charge in [0.15, 0.2) is 0 Å². The molecule has 1 aliphatic rings. The Bertz CT molecular complexity index is 299. The van der Waals surface area contributed by atoms with E-state index in [0.29, 0.717) is 18.1 Å². The van der Waals surface area contributed by atoms with Crippen LogP contribution in [0.2, 0.25) is 0 Å². The fourth-order valence-corrected chi connectivity index (χ4v) is 3.75. The first-order valence-corrected chi connectivity index (χ1v) is 8.04. The minimum Gasteiger partial charge on any atom is -0.354 e. The lowest BCUT2D eigenvalue weighted by molar-refractivity contribution is -0.128. The number of carbonyl (C=O) groups excluding carboxylic acids is 1. The normalized spacial score (nSPS) is 19.5. The zero-order valence-corrected chi connectivity index (χ0v) is 12.3. The van der Waals surface area contributed by atoms with Crippen molar-refractivity contribution >= 4 is 17.7 Å². The molecule has 3 nitrogen and oxygen atoms in total. The lowest BCUT2D eigenvalue weighted by Gasteiger charge is -2.25. The molecular formula is C14H24N2OS. The first kappa shape index (κ1) is 15.4. The molecule has 4 heteroatoms. The molecule has 1 atom stereocenters. The predicted molar refractivity (Wildman–Crippen MR) is 76.4 cm³/mol. The second kappa shape index (κ2) is 7.68. The van der Waals surface area contributed by atoms with Crippen LogP contribution in [-0.4, -0.2) is 23.5 Å². The maximum atomic E-state index is 12.3. The van der Waals surface area contributed by atoms with Crippen molar-refractivity contribution in [2.24, 2.45) is 5.41 Å². The summed E-state index contributed by atoms with van der Waals surface area (Å²) >= 11 is 1.93. The molecule has 1 heterocycles. The number of carbonyl (C=O) groups is 1. The van der Waals surface area contributed by atoms with Gasteiger partial charge in [0.05, 0.1) is 6.07 Å². The van der Waals surface area contributed by atoms with Crippen LogP contribution in [-0.2, 0) is 4.79 Å². The summed E-state index contributed by atoms with van der Waals surface area (Å²) in [6.07, 6.45) is 5.52. The van der Waals surface area contributed by atoms with E-state index >= 15 is 0 Å². The molecule has 1 saturated heterocycles. The Kier molecular flexibility index (Phi) is 6.56. The van der Waals surface area contributed by atoms with Gasteiger partial charge in [0.25, 0.3) is 0 Å². The molecule has 1 fully saturated rings. The van der Waals surface area contributed by atoms with Crippen LogP contribution < -0.4 is 5.32 Å². The van der Waals surface area contributed by atoms with E-state index in [1.165, 1.54) is 18.6 Å². The third kappa shape index (κ3) is 3.91.